The number of carbonyl (C=O) groups excluding carboxylic acids is 1. The molecule has 26 heavy (non-hydrogen) atoms. The summed E-state index contributed by atoms with van der Waals surface area (Å²) in [7, 11) is -8.50. The van der Waals surface area contributed by atoms with Crippen LogP contribution in [0.1, 0.15) is 10.4 Å². The number of nitro groups is 1. The number of nitrogens with zero attached hydrogens (tertiary/aromatic N) is 3. The lowest BCUT2D eigenvalue weighted by atomic mass is 10.2. The van der Waals surface area contributed by atoms with E-state index >= 15 is 0 Å². The third-order valence-corrected chi connectivity index (χ3v) is 6.93. The average molecular weight is 420 g/mol. The van der Waals surface area contributed by atoms with Gasteiger partial charge in [0.2, 0.25) is 20.0 Å². The Morgan fingerprint density at radius 2 is 1.77 bits per heavy atom. The largest absolute Gasteiger partial charge is 0.345 e. The van der Waals surface area contributed by atoms with Gasteiger partial charge >= 0.3 is 5.00 Å². The second-order valence-electron chi connectivity index (χ2n) is 4.96. The summed E-state index contributed by atoms with van der Waals surface area (Å²) >= 11 is 0.597. The molecule has 1 heterocycles. The predicted octanol–water partition coefficient (Wildman–Crippen LogP) is 1.03. The van der Waals surface area contributed by atoms with Crippen LogP contribution in [-0.4, -0.2) is 45.2 Å². The van der Waals surface area contributed by atoms with Gasteiger partial charge in [0.05, 0.1) is 28.7 Å². The van der Waals surface area contributed by atoms with E-state index in [1.165, 1.54) is 18.2 Å². The first-order chi connectivity index (χ1) is 11.9. The third kappa shape index (κ3) is 4.33. The molecule has 0 atom stereocenters. The van der Waals surface area contributed by atoms with E-state index in [9.17, 15) is 31.7 Å². The molecule has 1 aromatic heterocycles. The zero-order chi connectivity index (χ0) is 19.7. The summed E-state index contributed by atoms with van der Waals surface area (Å²) in [5, 5.41) is 12.5. The van der Waals surface area contributed by atoms with Crippen molar-refractivity contribution in [1.29, 1.82) is 0 Å². The van der Waals surface area contributed by atoms with Gasteiger partial charge in [-0.05, 0) is 23.5 Å². The highest BCUT2D eigenvalue weighted by atomic mass is 32.3. The first-order valence-corrected chi connectivity index (χ1v) is 11.1. The smallest absolute Gasteiger partial charge is 0.298 e. The maximum Gasteiger partial charge on any atom is 0.345 e. The maximum absolute atomic E-state index is 12.4. The molecule has 0 spiro atoms. The van der Waals surface area contributed by atoms with E-state index in [2.05, 4.69) is 10.3 Å². The van der Waals surface area contributed by atoms with Crippen molar-refractivity contribution < 1.29 is 26.6 Å². The molecular formula is C12H12N4O7S3. The second-order valence-corrected chi connectivity index (χ2v) is 9.86. The van der Waals surface area contributed by atoms with Crippen LogP contribution < -0.4 is 9.03 Å². The van der Waals surface area contributed by atoms with E-state index in [0.29, 0.717) is 23.8 Å². The van der Waals surface area contributed by atoms with Crippen LogP contribution in [0.15, 0.2) is 30.5 Å². The van der Waals surface area contributed by atoms with Crippen molar-refractivity contribution >= 4 is 53.1 Å². The molecule has 2 rings (SSSR count). The van der Waals surface area contributed by atoms with E-state index in [1.54, 1.807) is 0 Å². The molecule has 14 heteroatoms. The minimum atomic E-state index is -4.25. The number of benzene rings is 1. The van der Waals surface area contributed by atoms with Crippen molar-refractivity contribution in [2.75, 3.05) is 21.5 Å². The van der Waals surface area contributed by atoms with Gasteiger partial charge in [-0.1, -0.05) is 12.1 Å². The molecule has 0 bridgehead atoms. The number of aromatic nitrogens is 1. The topological polar surface area (TPSA) is 157 Å². The van der Waals surface area contributed by atoms with Crippen LogP contribution in [-0.2, 0) is 20.0 Å². The molecule has 0 unspecified atom stereocenters. The third-order valence-electron chi connectivity index (χ3n) is 2.84. The zero-order valence-corrected chi connectivity index (χ0v) is 15.8. The Hall–Kier alpha value is -2.58. The highest BCUT2D eigenvalue weighted by Crippen LogP contribution is 2.29. The predicted molar refractivity (Wildman–Crippen MR) is 95.3 cm³/mol. The molecule has 1 N–H and O–H groups in total. The van der Waals surface area contributed by atoms with Gasteiger partial charge in [-0.3, -0.25) is 20.2 Å². The Labute approximate surface area is 152 Å². The van der Waals surface area contributed by atoms with Crippen LogP contribution in [0.3, 0.4) is 0 Å². The van der Waals surface area contributed by atoms with Gasteiger partial charge in [-0.15, -0.1) is 0 Å². The van der Waals surface area contributed by atoms with Crippen LogP contribution >= 0.6 is 11.3 Å². The number of sulfonamides is 2. The molecule has 2 aromatic rings. The molecule has 0 aliphatic carbocycles. The number of anilines is 2. The number of carbonyl (C=O) groups is 1. The minimum Gasteiger partial charge on any atom is -0.298 e. The van der Waals surface area contributed by atoms with Crippen LogP contribution in [0.25, 0.3) is 0 Å². The molecule has 0 fully saturated rings. The van der Waals surface area contributed by atoms with Gasteiger partial charge in [0.1, 0.15) is 6.20 Å². The van der Waals surface area contributed by atoms with Crippen molar-refractivity contribution in [3.8, 4) is 0 Å². The molecule has 140 valence electrons. The summed E-state index contributed by atoms with van der Waals surface area (Å²) in [6.07, 6.45) is 2.32. The van der Waals surface area contributed by atoms with Gasteiger partial charge in [0.25, 0.3) is 5.91 Å². The maximum atomic E-state index is 12.4. The number of nitrogens with one attached hydrogen (secondary N) is 1. The van der Waals surface area contributed by atoms with Gasteiger partial charge in [-0.25, -0.2) is 21.8 Å². The molecule has 1 aromatic carbocycles. The fourth-order valence-corrected chi connectivity index (χ4v) is 5.63. The first kappa shape index (κ1) is 19.7. The van der Waals surface area contributed by atoms with Crippen molar-refractivity contribution in [1.82, 2.24) is 4.98 Å². The molecular weight excluding hydrogens is 408 g/mol. The molecule has 0 aliphatic heterocycles. The number of amides is 1. The summed E-state index contributed by atoms with van der Waals surface area (Å²) < 4.78 is 47.8. The van der Waals surface area contributed by atoms with Gasteiger partial charge in [-0.2, -0.15) is 3.71 Å². The molecule has 0 aliphatic rings. The van der Waals surface area contributed by atoms with Crippen LogP contribution in [0, 0.1) is 10.1 Å². The SMILES string of the molecule is CS(=O)(=O)N(c1ccccc1C(=O)Nc1ncc([N+](=O)[O-])s1)S(C)(=O)=O. The van der Waals surface area contributed by atoms with Gasteiger partial charge in [0.15, 0.2) is 5.13 Å². The van der Waals surface area contributed by atoms with Gasteiger partial charge in [0, 0.05) is 0 Å². The fraction of sp³-hybridized carbons (Fsp3) is 0.167. The quantitative estimate of drug-likeness (QED) is 0.536. The Bertz CT molecular complexity index is 1040. The summed E-state index contributed by atoms with van der Waals surface area (Å²) in [6.45, 7) is 0. The monoisotopic (exact) mass is 420 g/mol. The first-order valence-electron chi connectivity index (χ1n) is 6.62. The summed E-state index contributed by atoms with van der Waals surface area (Å²) in [6, 6.07) is 5.15. The lowest BCUT2D eigenvalue weighted by molar-refractivity contribution is -0.380. The highest BCUT2D eigenvalue weighted by Gasteiger charge is 2.31. The lowest BCUT2D eigenvalue weighted by Crippen LogP contribution is -2.36. The zero-order valence-electron chi connectivity index (χ0n) is 13.3. The Morgan fingerprint density at radius 1 is 1.19 bits per heavy atom. The van der Waals surface area contributed by atoms with Crippen LogP contribution in [0.4, 0.5) is 15.8 Å². The van der Waals surface area contributed by atoms with Crippen molar-refractivity contribution in [2.45, 2.75) is 0 Å². The Kier molecular flexibility index (Phi) is 5.29. The number of thiazole rings is 1. The lowest BCUT2D eigenvalue weighted by Gasteiger charge is -2.21. The molecule has 0 saturated heterocycles. The fourth-order valence-electron chi connectivity index (χ4n) is 2.00. The van der Waals surface area contributed by atoms with Crippen LogP contribution in [0.5, 0.6) is 0 Å². The number of rotatable bonds is 6. The Morgan fingerprint density at radius 3 is 2.27 bits per heavy atom. The number of hydrogen-bond acceptors (Lipinski definition) is 9. The van der Waals surface area contributed by atoms with Crippen molar-refractivity contribution in [3.05, 3.63) is 46.1 Å². The number of para-hydroxylation sites is 1. The van der Waals surface area contributed by atoms with Gasteiger partial charge < -0.3 is 0 Å². The normalized spacial score (nSPS) is 11.8. The standard InChI is InChI=1S/C12H12N4O7S3/c1-25(20,21)16(26(2,22)23)9-6-4-3-5-8(9)11(17)14-12-13-7-10(24-12)15(18)19/h3-7H,1-2H3,(H,13,14,17). The minimum absolute atomic E-state index is 0.0956. The van der Waals surface area contributed by atoms with E-state index < -0.39 is 30.9 Å². The van der Waals surface area contributed by atoms with E-state index in [-0.39, 0.29) is 25.1 Å². The van der Waals surface area contributed by atoms with E-state index in [0.717, 1.165) is 12.3 Å². The Balaban J connectivity index is 2.47. The summed E-state index contributed by atoms with van der Waals surface area (Å²) in [5.74, 6) is -0.873. The summed E-state index contributed by atoms with van der Waals surface area (Å²) in [4.78, 5) is 26.1. The summed E-state index contributed by atoms with van der Waals surface area (Å²) in [5.41, 5.74) is -0.637. The molecule has 11 nitrogen and oxygen atoms in total. The van der Waals surface area contributed by atoms with Crippen molar-refractivity contribution in [3.63, 3.8) is 0 Å². The van der Waals surface area contributed by atoms with E-state index in [4.69, 9.17) is 0 Å². The van der Waals surface area contributed by atoms with Crippen LogP contribution in [0.2, 0.25) is 0 Å². The molecule has 1 amide bonds. The molecule has 0 saturated carbocycles. The average Bonchev–Trinajstić information content (AvgIpc) is 2.93. The second kappa shape index (κ2) is 6.97. The highest BCUT2D eigenvalue weighted by molar-refractivity contribution is 8.09. The molecule has 0 radical (unpaired) electrons. The van der Waals surface area contributed by atoms with E-state index in [1.807, 2.05) is 0 Å². The number of hydrogen-bond donors (Lipinski definition) is 1. The van der Waals surface area contributed by atoms with Crippen molar-refractivity contribution in [2.24, 2.45) is 0 Å².